The highest BCUT2D eigenvalue weighted by Gasteiger charge is 2.04. The van der Waals surface area contributed by atoms with Gasteiger partial charge in [-0.1, -0.05) is 6.92 Å². The fourth-order valence-corrected chi connectivity index (χ4v) is 1.08. The quantitative estimate of drug-likeness (QED) is 0.702. The number of nitrogens with one attached hydrogen (secondary N) is 1. The molecular formula is C10H18N2O2. The van der Waals surface area contributed by atoms with E-state index in [1.165, 1.54) is 0 Å². The Kier molecular flexibility index (Phi) is 4.62. The number of ether oxygens (including phenoxy) is 1. The van der Waals surface area contributed by atoms with Gasteiger partial charge in [0.2, 0.25) is 5.89 Å². The Balaban J connectivity index is 2.18. The second-order valence-electron chi connectivity index (χ2n) is 3.16. The minimum absolute atomic E-state index is 0.458. The van der Waals surface area contributed by atoms with Gasteiger partial charge in [-0.05, 0) is 20.4 Å². The number of hydrogen-bond acceptors (Lipinski definition) is 4. The molecule has 0 saturated heterocycles. The zero-order valence-electron chi connectivity index (χ0n) is 9.09. The Morgan fingerprint density at radius 2 is 2.21 bits per heavy atom. The molecule has 1 heterocycles. The summed E-state index contributed by atoms with van der Waals surface area (Å²) in [7, 11) is 0. The molecule has 1 aromatic rings. The highest BCUT2D eigenvalue weighted by atomic mass is 16.5. The third kappa shape index (κ3) is 3.47. The van der Waals surface area contributed by atoms with Gasteiger partial charge in [0.15, 0.2) is 0 Å². The first kappa shape index (κ1) is 11.2. The zero-order chi connectivity index (χ0) is 10.4. The van der Waals surface area contributed by atoms with Gasteiger partial charge in [0.05, 0.1) is 12.3 Å². The SMILES string of the molecule is CCNCCOCc1nc(C)c(C)o1. The monoisotopic (exact) mass is 198 g/mol. The Bertz CT molecular complexity index is 252. The van der Waals surface area contributed by atoms with Crippen LogP contribution in [0.2, 0.25) is 0 Å². The van der Waals surface area contributed by atoms with Crippen molar-refractivity contribution in [1.29, 1.82) is 0 Å². The summed E-state index contributed by atoms with van der Waals surface area (Å²) in [6, 6.07) is 0. The molecule has 0 spiro atoms. The molecule has 0 aliphatic heterocycles. The zero-order valence-corrected chi connectivity index (χ0v) is 9.09. The number of rotatable bonds is 6. The van der Waals surface area contributed by atoms with E-state index in [0.29, 0.717) is 19.1 Å². The summed E-state index contributed by atoms with van der Waals surface area (Å²) < 4.78 is 10.7. The van der Waals surface area contributed by atoms with Gasteiger partial charge in [0.25, 0.3) is 0 Å². The summed E-state index contributed by atoms with van der Waals surface area (Å²) in [5, 5.41) is 3.18. The Labute approximate surface area is 84.7 Å². The molecule has 1 aromatic heterocycles. The van der Waals surface area contributed by atoms with Crippen molar-refractivity contribution in [1.82, 2.24) is 10.3 Å². The fourth-order valence-electron chi connectivity index (χ4n) is 1.08. The summed E-state index contributed by atoms with van der Waals surface area (Å²) in [5.74, 6) is 1.53. The van der Waals surface area contributed by atoms with Crippen LogP contribution in [0.15, 0.2) is 4.42 Å². The number of aromatic nitrogens is 1. The van der Waals surface area contributed by atoms with Gasteiger partial charge in [0.1, 0.15) is 12.4 Å². The highest BCUT2D eigenvalue weighted by molar-refractivity contribution is 5.04. The molecule has 0 saturated carbocycles. The smallest absolute Gasteiger partial charge is 0.220 e. The predicted octanol–water partition coefficient (Wildman–Crippen LogP) is 1.42. The molecule has 0 unspecified atom stereocenters. The third-order valence-corrected chi connectivity index (χ3v) is 1.97. The van der Waals surface area contributed by atoms with Gasteiger partial charge in [-0.2, -0.15) is 0 Å². The summed E-state index contributed by atoms with van der Waals surface area (Å²) in [5.41, 5.74) is 0.940. The first-order valence-electron chi connectivity index (χ1n) is 4.95. The molecule has 0 radical (unpaired) electrons. The first-order valence-corrected chi connectivity index (χ1v) is 4.95. The van der Waals surface area contributed by atoms with Crippen molar-refractivity contribution >= 4 is 0 Å². The van der Waals surface area contributed by atoms with Crippen molar-refractivity contribution in [2.75, 3.05) is 19.7 Å². The molecule has 4 heteroatoms. The number of hydrogen-bond donors (Lipinski definition) is 1. The molecule has 0 aromatic carbocycles. The van der Waals surface area contributed by atoms with Gasteiger partial charge >= 0.3 is 0 Å². The van der Waals surface area contributed by atoms with Crippen LogP contribution in [0.4, 0.5) is 0 Å². The molecule has 4 nitrogen and oxygen atoms in total. The average Bonchev–Trinajstić information content (AvgIpc) is 2.46. The van der Waals surface area contributed by atoms with Crippen molar-refractivity contribution in [3.8, 4) is 0 Å². The van der Waals surface area contributed by atoms with Crippen molar-refractivity contribution in [2.45, 2.75) is 27.4 Å². The summed E-state index contributed by atoms with van der Waals surface area (Å²) in [4.78, 5) is 4.22. The lowest BCUT2D eigenvalue weighted by Crippen LogP contribution is -2.18. The Morgan fingerprint density at radius 3 is 2.79 bits per heavy atom. The number of likely N-dealkylation sites (N-methyl/N-ethyl adjacent to an activating group) is 1. The van der Waals surface area contributed by atoms with Crippen LogP contribution in [0, 0.1) is 13.8 Å². The van der Waals surface area contributed by atoms with E-state index < -0.39 is 0 Å². The molecule has 0 aliphatic rings. The van der Waals surface area contributed by atoms with Crippen LogP contribution in [0.3, 0.4) is 0 Å². The van der Waals surface area contributed by atoms with Gasteiger partial charge < -0.3 is 14.5 Å². The van der Waals surface area contributed by atoms with Crippen LogP contribution >= 0.6 is 0 Å². The minimum atomic E-state index is 0.458. The second-order valence-corrected chi connectivity index (χ2v) is 3.16. The maximum Gasteiger partial charge on any atom is 0.220 e. The number of oxazole rings is 1. The summed E-state index contributed by atoms with van der Waals surface area (Å²) in [6.07, 6.45) is 0. The van der Waals surface area contributed by atoms with E-state index in [4.69, 9.17) is 9.15 Å². The molecule has 0 aliphatic carbocycles. The van der Waals surface area contributed by atoms with Crippen LogP contribution in [0.25, 0.3) is 0 Å². The van der Waals surface area contributed by atoms with E-state index in [-0.39, 0.29) is 0 Å². The van der Waals surface area contributed by atoms with Gasteiger partial charge in [-0.3, -0.25) is 0 Å². The first-order chi connectivity index (χ1) is 6.74. The van der Waals surface area contributed by atoms with E-state index >= 15 is 0 Å². The topological polar surface area (TPSA) is 47.3 Å². The van der Waals surface area contributed by atoms with Gasteiger partial charge in [0, 0.05) is 6.54 Å². The van der Waals surface area contributed by atoms with Crippen molar-refractivity contribution < 1.29 is 9.15 Å². The molecule has 0 amide bonds. The lowest BCUT2D eigenvalue weighted by Gasteiger charge is -2.01. The van der Waals surface area contributed by atoms with Crippen LogP contribution in [-0.4, -0.2) is 24.7 Å². The lowest BCUT2D eigenvalue weighted by atomic mass is 10.4. The molecule has 14 heavy (non-hydrogen) atoms. The van der Waals surface area contributed by atoms with Crippen LogP contribution in [-0.2, 0) is 11.3 Å². The third-order valence-electron chi connectivity index (χ3n) is 1.97. The van der Waals surface area contributed by atoms with Crippen LogP contribution in [0.5, 0.6) is 0 Å². The van der Waals surface area contributed by atoms with Crippen molar-refractivity contribution in [3.63, 3.8) is 0 Å². The highest BCUT2D eigenvalue weighted by Crippen LogP contribution is 2.08. The minimum Gasteiger partial charge on any atom is -0.443 e. The second kappa shape index (κ2) is 5.78. The molecule has 1 rings (SSSR count). The van der Waals surface area contributed by atoms with Crippen LogP contribution in [0.1, 0.15) is 24.3 Å². The summed E-state index contributed by atoms with van der Waals surface area (Å²) >= 11 is 0. The van der Waals surface area contributed by atoms with E-state index in [1.54, 1.807) is 0 Å². The van der Waals surface area contributed by atoms with E-state index in [2.05, 4.69) is 17.2 Å². The molecular weight excluding hydrogens is 180 g/mol. The predicted molar refractivity (Wildman–Crippen MR) is 54.2 cm³/mol. The van der Waals surface area contributed by atoms with Gasteiger partial charge in [-0.25, -0.2) is 4.98 Å². The maximum absolute atomic E-state index is 5.37. The fraction of sp³-hybridized carbons (Fsp3) is 0.700. The standard InChI is InChI=1S/C10H18N2O2/c1-4-11-5-6-13-7-10-12-8(2)9(3)14-10/h11H,4-7H2,1-3H3. The number of aryl methyl sites for hydroxylation is 2. The Morgan fingerprint density at radius 1 is 1.43 bits per heavy atom. The molecule has 1 N–H and O–H groups in total. The van der Waals surface area contributed by atoms with E-state index in [9.17, 15) is 0 Å². The van der Waals surface area contributed by atoms with Gasteiger partial charge in [-0.15, -0.1) is 0 Å². The van der Waals surface area contributed by atoms with E-state index in [1.807, 2.05) is 13.8 Å². The molecule has 0 atom stereocenters. The van der Waals surface area contributed by atoms with E-state index in [0.717, 1.165) is 24.5 Å². The largest absolute Gasteiger partial charge is 0.443 e. The number of nitrogens with zero attached hydrogens (tertiary/aromatic N) is 1. The summed E-state index contributed by atoms with van der Waals surface area (Å²) in [6.45, 7) is 8.90. The lowest BCUT2D eigenvalue weighted by molar-refractivity contribution is 0.104. The average molecular weight is 198 g/mol. The molecule has 0 bridgehead atoms. The molecule has 0 fully saturated rings. The van der Waals surface area contributed by atoms with Crippen molar-refractivity contribution in [3.05, 3.63) is 17.3 Å². The Hall–Kier alpha value is -0.870. The molecule has 80 valence electrons. The normalized spacial score (nSPS) is 10.8. The van der Waals surface area contributed by atoms with Crippen LogP contribution < -0.4 is 5.32 Å². The van der Waals surface area contributed by atoms with Crippen molar-refractivity contribution in [2.24, 2.45) is 0 Å². The maximum atomic E-state index is 5.37.